The zero-order valence-electron chi connectivity index (χ0n) is 40.1. The lowest BCUT2D eigenvalue weighted by atomic mass is 9.72. The van der Waals surface area contributed by atoms with Gasteiger partial charge in [0.05, 0.1) is 49.3 Å². The summed E-state index contributed by atoms with van der Waals surface area (Å²) in [5.74, 6) is -0.667. The van der Waals surface area contributed by atoms with Crippen molar-refractivity contribution in [1.82, 2.24) is 0 Å². The fraction of sp³-hybridized carbons (Fsp3) is 0.784. The summed E-state index contributed by atoms with van der Waals surface area (Å²) in [6, 6.07) is 0. The van der Waals surface area contributed by atoms with Crippen molar-refractivity contribution in [2.24, 2.45) is 23.7 Å². The molecule has 65 heavy (non-hydrogen) atoms. The Morgan fingerprint density at radius 3 is 2.42 bits per heavy atom. The van der Waals surface area contributed by atoms with Crippen LogP contribution >= 0.6 is 0 Å². The molecule has 0 aromatic heterocycles. The number of carbonyl (C=O) groups excluding carboxylic acids is 1. The van der Waals surface area contributed by atoms with Crippen LogP contribution in [0.1, 0.15) is 113 Å². The molecular weight excluding hydrogens is 837 g/mol. The van der Waals surface area contributed by atoms with Gasteiger partial charge in [0.2, 0.25) is 0 Å². The zero-order chi connectivity index (χ0) is 46.6. The Hall–Kier alpha value is -2.31. The highest BCUT2D eigenvalue weighted by molar-refractivity contribution is 5.38. The summed E-state index contributed by atoms with van der Waals surface area (Å²) >= 11 is 0. The molecule has 19 atom stereocenters. The van der Waals surface area contributed by atoms with Gasteiger partial charge in [0, 0.05) is 57.7 Å². The second-order valence-corrected chi connectivity index (χ2v) is 20.1. The van der Waals surface area contributed by atoms with Crippen molar-refractivity contribution in [2.45, 2.75) is 210 Å². The van der Waals surface area contributed by atoms with E-state index in [0.29, 0.717) is 50.1 Å². The Kier molecular flexibility index (Phi) is 17.1. The molecule has 14 heteroatoms. The maximum absolute atomic E-state index is 11.9. The molecule has 7 aliphatic rings. The molecule has 3 N–H and O–H groups in total. The van der Waals surface area contributed by atoms with Crippen molar-refractivity contribution in [1.29, 1.82) is 0 Å². The summed E-state index contributed by atoms with van der Waals surface area (Å²) in [5.41, 5.74) is 1.15. The van der Waals surface area contributed by atoms with E-state index in [2.05, 4.69) is 39.0 Å². The predicted octanol–water partition coefficient (Wildman–Crippen LogP) is 6.55. The minimum absolute atomic E-state index is 0.0377. The van der Waals surface area contributed by atoms with Crippen LogP contribution in [-0.2, 0) is 52.2 Å². The number of hydrogen-bond acceptors (Lipinski definition) is 14. The van der Waals surface area contributed by atoms with Crippen molar-refractivity contribution in [3.63, 3.8) is 0 Å². The van der Waals surface area contributed by atoms with Gasteiger partial charge in [0.15, 0.2) is 18.4 Å². The number of aliphatic hydroxyl groups is 3. The molecule has 0 bridgehead atoms. The average molecular weight is 915 g/mol. The van der Waals surface area contributed by atoms with E-state index in [0.717, 1.165) is 24.0 Å². The Balaban J connectivity index is 1.10. The van der Waals surface area contributed by atoms with Crippen LogP contribution in [0.4, 0.5) is 0 Å². The molecule has 4 saturated heterocycles. The molecule has 2 aliphatic carbocycles. The number of hydrogen-bond donors (Lipinski definition) is 3. The summed E-state index contributed by atoms with van der Waals surface area (Å²) in [6.07, 6.45) is 15.6. The molecule has 0 aromatic rings. The summed E-state index contributed by atoms with van der Waals surface area (Å²) in [6.45, 7) is 14.6. The van der Waals surface area contributed by atoms with Gasteiger partial charge in [-0.25, -0.2) is 0 Å². The van der Waals surface area contributed by atoms with Gasteiger partial charge in [-0.05, 0) is 75.7 Å². The van der Waals surface area contributed by atoms with Crippen molar-refractivity contribution in [2.75, 3.05) is 20.8 Å². The highest BCUT2D eigenvalue weighted by Crippen LogP contribution is 2.46. The number of ether oxygens (including phenoxy) is 10. The summed E-state index contributed by atoms with van der Waals surface area (Å²) < 4.78 is 63.1. The average Bonchev–Trinajstić information content (AvgIpc) is 3.63. The molecule has 7 rings (SSSR count). The molecule has 5 fully saturated rings. The van der Waals surface area contributed by atoms with Gasteiger partial charge in [0.1, 0.15) is 36.1 Å². The summed E-state index contributed by atoms with van der Waals surface area (Å²) in [7, 11) is 3.23. The molecule has 1 saturated carbocycles. The van der Waals surface area contributed by atoms with Crippen molar-refractivity contribution in [3.05, 3.63) is 59.3 Å². The van der Waals surface area contributed by atoms with Gasteiger partial charge in [-0.3, -0.25) is 4.79 Å². The molecular formula is C51H78O14. The van der Waals surface area contributed by atoms with Crippen molar-refractivity contribution >= 4 is 6.47 Å². The monoisotopic (exact) mass is 915 g/mol. The second-order valence-electron chi connectivity index (χ2n) is 20.1. The third kappa shape index (κ3) is 11.3. The van der Waals surface area contributed by atoms with Gasteiger partial charge in [0.25, 0.3) is 6.47 Å². The largest absolute Gasteiger partial charge is 0.464 e. The fourth-order valence-electron chi connectivity index (χ4n) is 11.6. The molecule has 366 valence electrons. The number of aliphatic hydroxyl groups excluding tert-OH is 2. The van der Waals surface area contributed by atoms with Gasteiger partial charge >= 0.3 is 0 Å². The minimum Gasteiger partial charge on any atom is -0.464 e. The van der Waals surface area contributed by atoms with E-state index in [1.54, 1.807) is 21.1 Å². The molecule has 5 aliphatic heterocycles. The number of methoxy groups -OCH3 is 2. The first-order valence-electron chi connectivity index (χ1n) is 24.3. The summed E-state index contributed by atoms with van der Waals surface area (Å²) in [4.78, 5) is 11.7. The Morgan fingerprint density at radius 1 is 0.969 bits per heavy atom. The Morgan fingerprint density at radius 2 is 1.69 bits per heavy atom. The van der Waals surface area contributed by atoms with Crippen LogP contribution in [0.5, 0.6) is 0 Å². The van der Waals surface area contributed by atoms with E-state index in [1.807, 2.05) is 45.1 Å². The molecule has 0 radical (unpaired) electrons. The number of allylic oxidation sites excluding steroid dienone is 2. The molecule has 1 spiro atoms. The first-order valence-corrected chi connectivity index (χ1v) is 24.3. The Labute approximate surface area is 386 Å². The molecule has 0 amide bonds. The number of carbonyl (C=O) groups is 1. The van der Waals surface area contributed by atoms with Gasteiger partial charge in [-0.15, -0.1) is 0 Å². The quantitative estimate of drug-likeness (QED) is 0.119. The smallest absolute Gasteiger partial charge is 0.293 e. The normalized spacial score (nSPS) is 44.6. The maximum Gasteiger partial charge on any atom is 0.293 e. The van der Waals surface area contributed by atoms with E-state index >= 15 is 0 Å². The standard InChI is InChI=1S/C51H78O14/c1-29(14-13-17-37-27-58-49-44(53)32(4)22-33(5)51(37,49)55)46(62-43-25-41(57-9)48(35(7)61-43)63-42-24-40(56-8)45(54)34(6)60-42)30(2)18-19-38-23-39(59-28-52)26-50(64-38)21-20-31(3)47(65-50)36-15-11-10-12-16-36/h13-14,17-18,20-22,28-29,31,33-36,38-49,53-55H,10-12,15-16,19,23-27H2,1-9H3. The van der Waals surface area contributed by atoms with E-state index in [4.69, 9.17) is 47.4 Å². The first-order chi connectivity index (χ1) is 31.1. The first kappa shape index (κ1) is 50.6. The van der Waals surface area contributed by atoms with Crippen molar-refractivity contribution in [3.8, 4) is 0 Å². The molecule has 19 unspecified atom stereocenters. The van der Waals surface area contributed by atoms with E-state index < -0.39 is 72.8 Å². The van der Waals surface area contributed by atoms with Crippen LogP contribution in [0.2, 0.25) is 0 Å². The molecule has 0 aromatic carbocycles. The fourth-order valence-corrected chi connectivity index (χ4v) is 11.6. The highest BCUT2D eigenvalue weighted by atomic mass is 16.7. The maximum atomic E-state index is 11.9. The van der Waals surface area contributed by atoms with Gasteiger partial charge < -0.3 is 62.7 Å². The topological polar surface area (TPSA) is 170 Å². The lowest BCUT2D eigenvalue weighted by molar-refractivity contribution is -0.318. The van der Waals surface area contributed by atoms with Gasteiger partial charge in [-0.2, -0.15) is 0 Å². The predicted molar refractivity (Wildman–Crippen MR) is 241 cm³/mol. The second kappa shape index (κ2) is 22.0. The van der Waals surface area contributed by atoms with Crippen LogP contribution in [0, 0.1) is 23.7 Å². The minimum atomic E-state index is -1.32. The summed E-state index contributed by atoms with van der Waals surface area (Å²) in [5, 5.41) is 33.3. The lowest BCUT2D eigenvalue weighted by Crippen LogP contribution is -2.55. The van der Waals surface area contributed by atoms with Gasteiger partial charge in [-0.1, -0.05) is 76.5 Å². The SMILES string of the molecule is COC1CC(OC2C(C)OC(OC(C(C)=CCC3CC(OC=O)CC4(C=CC(C)C(C5CCCCC5)O4)O3)C(C)C=CC=C3COC4C(O)C(C)=CC(C)C34O)CC2OC)OC(C)C1O. The zero-order valence-corrected chi connectivity index (χ0v) is 40.1. The van der Waals surface area contributed by atoms with Crippen molar-refractivity contribution < 1.29 is 67.5 Å². The van der Waals surface area contributed by atoms with E-state index in [-0.39, 0.29) is 48.8 Å². The third-order valence-corrected chi connectivity index (χ3v) is 15.4. The van der Waals surface area contributed by atoms with Crippen LogP contribution < -0.4 is 0 Å². The lowest BCUT2D eigenvalue weighted by Gasteiger charge is -2.48. The third-order valence-electron chi connectivity index (χ3n) is 15.4. The van der Waals surface area contributed by atoms with E-state index in [9.17, 15) is 20.1 Å². The number of rotatable bonds is 15. The molecule has 5 heterocycles. The Bertz CT molecular complexity index is 1740. The molecule has 14 nitrogen and oxygen atoms in total. The van der Waals surface area contributed by atoms with Crippen LogP contribution in [0.25, 0.3) is 0 Å². The number of fused-ring (bicyclic) bond motifs is 1. The van der Waals surface area contributed by atoms with Crippen LogP contribution in [-0.4, -0.2) is 140 Å². The highest BCUT2D eigenvalue weighted by Gasteiger charge is 2.55. The van der Waals surface area contributed by atoms with Crippen LogP contribution in [0.15, 0.2) is 59.3 Å². The van der Waals surface area contributed by atoms with Crippen LogP contribution in [0.3, 0.4) is 0 Å². The van der Waals surface area contributed by atoms with E-state index in [1.165, 1.54) is 19.3 Å².